The number of carbonyl (C=O) groups is 3. The molecule has 0 saturated carbocycles. The topological polar surface area (TPSA) is 78.9 Å². The molecule has 136 valence electrons. The Morgan fingerprint density at radius 3 is 2.04 bits per heavy atom. The fourth-order valence-corrected chi connectivity index (χ4v) is 2.97. The van der Waals surface area contributed by atoms with Crippen LogP contribution in [0.1, 0.15) is 51.4 Å². The number of ether oxygens (including phenoxy) is 3. The summed E-state index contributed by atoms with van der Waals surface area (Å²) in [5.41, 5.74) is -0.697. The smallest absolute Gasteiger partial charge is 0.326 e. The van der Waals surface area contributed by atoms with E-state index in [0.29, 0.717) is 37.0 Å². The van der Waals surface area contributed by atoms with E-state index in [2.05, 4.69) is 0 Å². The van der Waals surface area contributed by atoms with Gasteiger partial charge < -0.3 is 14.2 Å². The largest absolute Gasteiger partial charge is 0.484 e. The Labute approximate surface area is 151 Å². The number of hydrogen-bond donors (Lipinski definition) is 0. The molecular formula is C18H21ClO6. The van der Waals surface area contributed by atoms with Gasteiger partial charge in [-0.2, -0.15) is 0 Å². The van der Waals surface area contributed by atoms with Crippen LogP contribution in [0.15, 0.2) is 24.3 Å². The highest BCUT2D eigenvalue weighted by Crippen LogP contribution is 2.40. The van der Waals surface area contributed by atoms with Crippen molar-refractivity contribution in [1.82, 2.24) is 0 Å². The molecule has 1 aliphatic heterocycles. The Bertz CT molecular complexity index is 613. The number of rotatable bonds is 8. The highest BCUT2D eigenvalue weighted by molar-refractivity contribution is 6.63. The molecule has 7 heteroatoms. The zero-order chi connectivity index (χ0) is 18.4. The number of cyclic esters (lactones) is 2. The van der Waals surface area contributed by atoms with Gasteiger partial charge >= 0.3 is 11.9 Å². The Morgan fingerprint density at radius 2 is 1.60 bits per heavy atom. The summed E-state index contributed by atoms with van der Waals surface area (Å²) in [5, 5.41) is -0.609. The van der Waals surface area contributed by atoms with Crippen LogP contribution >= 0.6 is 11.6 Å². The second-order valence-electron chi connectivity index (χ2n) is 5.94. The van der Waals surface area contributed by atoms with Crippen molar-refractivity contribution in [3.8, 4) is 5.75 Å². The molecule has 25 heavy (non-hydrogen) atoms. The molecule has 0 atom stereocenters. The molecule has 0 amide bonds. The van der Waals surface area contributed by atoms with Crippen molar-refractivity contribution >= 4 is 28.8 Å². The van der Waals surface area contributed by atoms with Crippen LogP contribution in [0.25, 0.3) is 0 Å². The first-order chi connectivity index (χ1) is 11.9. The second-order valence-corrected chi connectivity index (χ2v) is 6.36. The summed E-state index contributed by atoms with van der Waals surface area (Å²) in [4.78, 5) is 35.8. The highest BCUT2D eigenvalue weighted by Gasteiger charge is 2.52. The van der Waals surface area contributed by atoms with E-state index >= 15 is 0 Å². The van der Waals surface area contributed by atoms with Crippen molar-refractivity contribution in [2.75, 3.05) is 6.61 Å². The van der Waals surface area contributed by atoms with Gasteiger partial charge in [-0.3, -0.25) is 14.4 Å². The van der Waals surface area contributed by atoms with Crippen molar-refractivity contribution in [1.29, 1.82) is 0 Å². The quantitative estimate of drug-likeness (QED) is 0.397. The summed E-state index contributed by atoms with van der Waals surface area (Å²) in [5.74, 6) is -0.645. The lowest BCUT2D eigenvalue weighted by atomic mass is 9.78. The molecule has 0 bridgehead atoms. The van der Waals surface area contributed by atoms with E-state index in [0.717, 1.165) is 0 Å². The molecule has 0 N–H and O–H groups in total. The Hall–Kier alpha value is -2.08. The fourth-order valence-electron chi connectivity index (χ4n) is 2.91. The van der Waals surface area contributed by atoms with Gasteiger partial charge in [0.2, 0.25) is 0 Å². The average molecular weight is 369 g/mol. The molecule has 1 heterocycles. The third-order valence-electron chi connectivity index (χ3n) is 4.07. The minimum Gasteiger partial charge on any atom is -0.484 e. The average Bonchev–Trinajstić information content (AvgIpc) is 2.58. The number of carbonyl (C=O) groups excluding carboxylic acids is 3. The van der Waals surface area contributed by atoms with Crippen LogP contribution in [0.5, 0.6) is 5.75 Å². The number of benzene rings is 1. The van der Waals surface area contributed by atoms with E-state index in [1.54, 1.807) is 24.3 Å². The Kier molecular flexibility index (Phi) is 6.42. The van der Waals surface area contributed by atoms with Crippen molar-refractivity contribution in [2.24, 2.45) is 5.41 Å². The maximum Gasteiger partial charge on any atom is 0.326 e. The lowest BCUT2D eigenvalue weighted by Gasteiger charge is -2.36. The molecule has 6 nitrogen and oxygen atoms in total. The zero-order valence-corrected chi connectivity index (χ0v) is 15.0. The lowest BCUT2D eigenvalue weighted by Crippen LogP contribution is -2.47. The van der Waals surface area contributed by atoms with E-state index in [1.807, 2.05) is 13.8 Å². The van der Waals surface area contributed by atoms with E-state index in [-0.39, 0.29) is 6.61 Å². The minimum atomic E-state index is -1.20. The van der Waals surface area contributed by atoms with Gasteiger partial charge in [0.25, 0.3) is 11.5 Å². The Morgan fingerprint density at radius 1 is 1.08 bits per heavy atom. The SMILES string of the molecule is CCCC1(CCC)C(=O)OC(c2ccc(OCC(=O)Cl)cc2)OC1=O. The van der Waals surface area contributed by atoms with Gasteiger partial charge in [-0.05, 0) is 48.7 Å². The van der Waals surface area contributed by atoms with Crippen molar-refractivity contribution in [3.05, 3.63) is 29.8 Å². The maximum atomic E-state index is 12.5. The third kappa shape index (κ3) is 4.31. The lowest BCUT2D eigenvalue weighted by molar-refractivity contribution is -0.227. The molecule has 1 aromatic rings. The van der Waals surface area contributed by atoms with E-state index in [9.17, 15) is 14.4 Å². The molecule has 0 aromatic heterocycles. The van der Waals surface area contributed by atoms with Gasteiger partial charge in [0.1, 0.15) is 5.75 Å². The fraction of sp³-hybridized carbons (Fsp3) is 0.500. The first-order valence-electron chi connectivity index (χ1n) is 8.26. The van der Waals surface area contributed by atoms with Gasteiger partial charge in [-0.25, -0.2) is 0 Å². The van der Waals surface area contributed by atoms with E-state index < -0.39 is 28.9 Å². The molecule has 0 unspecified atom stereocenters. The first-order valence-corrected chi connectivity index (χ1v) is 8.64. The third-order valence-corrected chi connectivity index (χ3v) is 4.18. The number of hydrogen-bond acceptors (Lipinski definition) is 6. The van der Waals surface area contributed by atoms with Crippen LogP contribution in [0.3, 0.4) is 0 Å². The molecule has 1 aromatic carbocycles. The van der Waals surface area contributed by atoms with Crippen LogP contribution in [0.2, 0.25) is 0 Å². The van der Waals surface area contributed by atoms with Gasteiger partial charge in [0, 0.05) is 5.56 Å². The molecule has 0 aliphatic carbocycles. The minimum absolute atomic E-state index is 0.245. The van der Waals surface area contributed by atoms with Gasteiger partial charge in [0.15, 0.2) is 12.0 Å². The second kappa shape index (κ2) is 8.34. The highest BCUT2D eigenvalue weighted by atomic mass is 35.5. The van der Waals surface area contributed by atoms with Crippen LogP contribution in [0.4, 0.5) is 0 Å². The summed E-state index contributed by atoms with van der Waals surface area (Å²) in [6.07, 6.45) is 1.10. The van der Waals surface area contributed by atoms with Gasteiger partial charge in [-0.15, -0.1) is 0 Å². The standard InChI is InChI=1S/C18H21ClO6/c1-3-9-18(10-4-2)16(21)24-15(25-17(18)22)12-5-7-13(8-6-12)23-11-14(19)20/h5-8,15H,3-4,9-11H2,1-2H3. The maximum absolute atomic E-state index is 12.5. The van der Waals surface area contributed by atoms with Crippen LogP contribution in [0, 0.1) is 5.41 Å². The predicted molar refractivity (Wildman–Crippen MR) is 90.0 cm³/mol. The van der Waals surface area contributed by atoms with Crippen LogP contribution in [-0.4, -0.2) is 23.8 Å². The molecule has 1 aliphatic rings. The first kappa shape index (κ1) is 19.2. The van der Waals surface area contributed by atoms with Crippen LogP contribution < -0.4 is 4.74 Å². The van der Waals surface area contributed by atoms with Gasteiger partial charge in [-0.1, -0.05) is 26.7 Å². The van der Waals surface area contributed by atoms with E-state index in [1.165, 1.54) is 0 Å². The van der Waals surface area contributed by atoms with Crippen LogP contribution in [-0.2, 0) is 23.9 Å². The number of halogens is 1. The van der Waals surface area contributed by atoms with Crippen molar-refractivity contribution < 1.29 is 28.6 Å². The summed E-state index contributed by atoms with van der Waals surface area (Å²) >= 11 is 5.21. The van der Waals surface area contributed by atoms with Crippen molar-refractivity contribution in [2.45, 2.75) is 45.8 Å². The molecule has 2 rings (SSSR count). The molecule has 1 fully saturated rings. The van der Waals surface area contributed by atoms with Gasteiger partial charge in [0.05, 0.1) is 0 Å². The van der Waals surface area contributed by atoms with E-state index in [4.69, 9.17) is 25.8 Å². The normalized spacial score (nSPS) is 16.9. The molecule has 1 saturated heterocycles. The predicted octanol–water partition coefficient (Wildman–Crippen LogP) is 3.52. The summed E-state index contributed by atoms with van der Waals surface area (Å²) < 4.78 is 16.0. The Balaban J connectivity index is 2.12. The molecule has 0 spiro atoms. The number of esters is 2. The summed E-state index contributed by atoms with van der Waals surface area (Å²) in [6.45, 7) is 3.58. The molecular weight excluding hydrogens is 348 g/mol. The van der Waals surface area contributed by atoms with Crippen molar-refractivity contribution in [3.63, 3.8) is 0 Å². The summed E-state index contributed by atoms with van der Waals surface area (Å²) in [6, 6.07) is 6.37. The monoisotopic (exact) mass is 368 g/mol. The molecule has 0 radical (unpaired) electrons. The summed E-state index contributed by atoms with van der Waals surface area (Å²) in [7, 11) is 0. The zero-order valence-electron chi connectivity index (χ0n) is 14.2.